The zero-order valence-corrected chi connectivity index (χ0v) is 26.7. The van der Waals surface area contributed by atoms with Gasteiger partial charge in [-0.05, 0) is 127 Å². The molecule has 226 valence electrons. The molecular formula is C35H51NO4S. The van der Waals surface area contributed by atoms with E-state index in [0.29, 0.717) is 30.1 Å². The first kappa shape index (κ1) is 30.7. The second-order valence-electron chi connectivity index (χ2n) is 14.8. The molecule has 1 heterocycles. The fourth-order valence-electron chi connectivity index (χ4n) is 7.98. The molecule has 6 atom stereocenters. The number of aromatic nitrogens is 1. The lowest BCUT2D eigenvalue weighted by Gasteiger charge is -2.42. The summed E-state index contributed by atoms with van der Waals surface area (Å²) in [6.45, 7) is 14.5. The van der Waals surface area contributed by atoms with E-state index in [2.05, 4.69) is 32.6 Å². The van der Waals surface area contributed by atoms with Gasteiger partial charge in [-0.15, -0.1) is 11.3 Å². The van der Waals surface area contributed by atoms with Gasteiger partial charge in [0, 0.05) is 17.5 Å². The molecule has 4 aliphatic rings. The highest BCUT2D eigenvalue weighted by Gasteiger charge is 2.55. The summed E-state index contributed by atoms with van der Waals surface area (Å²) in [5.41, 5.74) is 2.97. The van der Waals surface area contributed by atoms with E-state index in [-0.39, 0.29) is 17.5 Å². The van der Waals surface area contributed by atoms with Crippen LogP contribution >= 0.6 is 11.3 Å². The van der Waals surface area contributed by atoms with E-state index in [0.717, 1.165) is 48.3 Å². The summed E-state index contributed by atoms with van der Waals surface area (Å²) in [6.07, 6.45) is 17.5. The van der Waals surface area contributed by atoms with Crippen LogP contribution < -0.4 is 0 Å². The van der Waals surface area contributed by atoms with Gasteiger partial charge in [-0.25, -0.2) is 4.98 Å². The van der Waals surface area contributed by atoms with Crippen molar-refractivity contribution in [3.63, 3.8) is 0 Å². The monoisotopic (exact) mass is 581 g/mol. The Morgan fingerprint density at radius 2 is 2.00 bits per heavy atom. The lowest BCUT2D eigenvalue weighted by atomic mass is 9.62. The second-order valence-corrected chi connectivity index (χ2v) is 16.0. The standard InChI is InChI=1S/C35H51NO4S/c1-22-21-36-31(41-22)35(17-18-35)30(40-32(39)33(3,4)5)11-7-10-26-14-15-28-24(9-8-16-34(26,28)6)12-13-25-19-27(37)20-29(38)23(25)2/h12-13,21,26-30,37-38H,2,7-11,14-20H2,1,3-6H3/b24-12+,25-13-/t26?,27-,28?,29+,30?,34?/m1/s1. The summed E-state index contributed by atoms with van der Waals surface area (Å²) in [6, 6.07) is 0. The van der Waals surface area contributed by atoms with E-state index in [1.807, 2.05) is 27.0 Å². The summed E-state index contributed by atoms with van der Waals surface area (Å²) in [4.78, 5) is 19.0. The highest BCUT2D eigenvalue weighted by Crippen LogP contribution is 2.59. The zero-order valence-electron chi connectivity index (χ0n) is 25.9. The van der Waals surface area contributed by atoms with Crippen molar-refractivity contribution in [3.05, 3.63) is 51.5 Å². The number of aryl methyl sites for hydroxylation is 1. The summed E-state index contributed by atoms with van der Waals surface area (Å²) < 4.78 is 6.30. The van der Waals surface area contributed by atoms with Gasteiger partial charge in [-0.2, -0.15) is 0 Å². The van der Waals surface area contributed by atoms with Crippen LogP contribution in [-0.2, 0) is 14.9 Å². The van der Waals surface area contributed by atoms with Crippen molar-refractivity contribution >= 4 is 17.3 Å². The number of rotatable bonds is 8. The average molecular weight is 582 g/mol. The number of carbonyl (C=O) groups is 1. The Morgan fingerprint density at radius 1 is 1.24 bits per heavy atom. The molecule has 0 bridgehead atoms. The molecule has 1 aromatic rings. The van der Waals surface area contributed by atoms with E-state index < -0.39 is 17.6 Å². The maximum absolute atomic E-state index is 13.0. The molecular weight excluding hydrogens is 530 g/mol. The molecule has 6 heteroatoms. The Bertz CT molecular complexity index is 1200. The highest BCUT2D eigenvalue weighted by atomic mass is 32.1. The van der Waals surface area contributed by atoms with Crippen LogP contribution in [0.25, 0.3) is 0 Å². The summed E-state index contributed by atoms with van der Waals surface area (Å²) in [5, 5.41) is 21.6. The van der Waals surface area contributed by atoms with Crippen molar-refractivity contribution in [2.45, 2.75) is 135 Å². The first-order chi connectivity index (χ1) is 19.3. The van der Waals surface area contributed by atoms with Crippen LogP contribution in [0.3, 0.4) is 0 Å². The molecule has 0 saturated heterocycles. The van der Waals surface area contributed by atoms with Crippen LogP contribution in [0.15, 0.2) is 41.6 Å². The van der Waals surface area contributed by atoms with Crippen LogP contribution in [0.1, 0.15) is 115 Å². The van der Waals surface area contributed by atoms with Crippen LogP contribution in [0, 0.1) is 29.6 Å². The van der Waals surface area contributed by atoms with E-state index in [9.17, 15) is 15.0 Å². The Morgan fingerprint density at radius 3 is 2.66 bits per heavy atom. The maximum atomic E-state index is 13.0. The number of esters is 1. The van der Waals surface area contributed by atoms with Crippen LogP contribution in [-0.4, -0.2) is 39.5 Å². The third-order valence-corrected chi connectivity index (χ3v) is 11.9. The van der Waals surface area contributed by atoms with E-state index in [1.165, 1.54) is 42.6 Å². The van der Waals surface area contributed by atoms with Gasteiger partial charge in [0.15, 0.2) is 0 Å². The molecule has 4 saturated carbocycles. The second kappa shape index (κ2) is 11.7. The molecule has 4 unspecified atom stereocenters. The fourth-order valence-corrected chi connectivity index (χ4v) is 9.04. The molecule has 4 fully saturated rings. The molecule has 2 N–H and O–H groups in total. The number of ether oxygens (including phenoxy) is 1. The molecule has 0 aromatic carbocycles. The molecule has 0 amide bonds. The zero-order chi connectivity index (χ0) is 29.6. The summed E-state index contributed by atoms with van der Waals surface area (Å²) in [5.74, 6) is 1.16. The van der Waals surface area contributed by atoms with Crippen LogP contribution in [0.4, 0.5) is 0 Å². The Hall–Kier alpha value is -1.76. The predicted octanol–water partition coefficient (Wildman–Crippen LogP) is 7.75. The minimum absolute atomic E-state index is 0.0967. The number of thiazole rings is 1. The number of hydrogen-bond acceptors (Lipinski definition) is 6. The Balaban J connectivity index is 1.26. The topological polar surface area (TPSA) is 79.7 Å². The third-order valence-electron chi connectivity index (χ3n) is 10.8. The highest BCUT2D eigenvalue weighted by molar-refractivity contribution is 7.11. The number of fused-ring (bicyclic) bond motifs is 1. The van der Waals surface area contributed by atoms with Gasteiger partial charge in [0.25, 0.3) is 0 Å². The smallest absolute Gasteiger partial charge is 0.311 e. The first-order valence-electron chi connectivity index (χ1n) is 15.9. The van der Waals surface area contributed by atoms with Gasteiger partial charge >= 0.3 is 5.97 Å². The number of carbonyl (C=O) groups excluding carboxylic acids is 1. The lowest BCUT2D eigenvalue weighted by Crippen LogP contribution is -2.36. The van der Waals surface area contributed by atoms with Crippen molar-refractivity contribution in [1.29, 1.82) is 0 Å². The van der Waals surface area contributed by atoms with Gasteiger partial charge in [-0.1, -0.05) is 31.2 Å². The Labute approximate surface area is 251 Å². The van der Waals surface area contributed by atoms with Crippen LogP contribution in [0.5, 0.6) is 0 Å². The number of aliphatic hydroxyl groups is 2. The molecule has 0 radical (unpaired) electrons. The predicted molar refractivity (Wildman–Crippen MR) is 166 cm³/mol. The van der Waals surface area contributed by atoms with Crippen molar-refractivity contribution < 1.29 is 19.7 Å². The molecule has 0 aliphatic heterocycles. The fraction of sp³-hybridized carbons (Fsp3) is 0.714. The molecule has 0 spiro atoms. The van der Waals surface area contributed by atoms with Gasteiger partial charge < -0.3 is 14.9 Å². The number of nitrogens with zero attached hydrogens (tertiary/aromatic N) is 1. The van der Waals surface area contributed by atoms with E-state index in [1.54, 1.807) is 11.3 Å². The van der Waals surface area contributed by atoms with Crippen molar-refractivity contribution in [2.24, 2.45) is 22.7 Å². The minimum Gasteiger partial charge on any atom is -0.461 e. The average Bonchev–Trinajstić information content (AvgIpc) is 3.47. The molecule has 4 aliphatic carbocycles. The SMILES string of the molecule is C=C1/C(=C\C=C2/CCCC3(C)C(CCCC(OC(=O)C(C)(C)C)C4(c5ncc(C)s5)CC4)CCC23)C[C@@H](O)C[C@@H]1O. The number of aliphatic hydroxyl groups excluding tert-OH is 2. The van der Waals surface area contributed by atoms with Crippen LogP contribution in [0.2, 0.25) is 0 Å². The normalized spacial score (nSPS) is 34.1. The lowest BCUT2D eigenvalue weighted by molar-refractivity contribution is -0.161. The largest absolute Gasteiger partial charge is 0.461 e. The molecule has 41 heavy (non-hydrogen) atoms. The quantitative estimate of drug-likeness (QED) is 0.307. The molecule has 1 aromatic heterocycles. The first-order valence-corrected chi connectivity index (χ1v) is 16.7. The van der Waals surface area contributed by atoms with Crippen molar-refractivity contribution in [2.75, 3.05) is 0 Å². The molecule has 5 nitrogen and oxygen atoms in total. The van der Waals surface area contributed by atoms with Gasteiger partial charge in [0.1, 0.15) is 11.1 Å². The van der Waals surface area contributed by atoms with Gasteiger partial charge in [0.2, 0.25) is 0 Å². The third kappa shape index (κ3) is 6.31. The van der Waals surface area contributed by atoms with Gasteiger partial charge in [-0.3, -0.25) is 4.79 Å². The number of allylic oxidation sites excluding steroid dienone is 3. The van der Waals surface area contributed by atoms with E-state index >= 15 is 0 Å². The van der Waals surface area contributed by atoms with Crippen molar-refractivity contribution in [1.82, 2.24) is 4.98 Å². The number of hydrogen-bond donors (Lipinski definition) is 2. The van der Waals surface area contributed by atoms with Gasteiger partial charge in [0.05, 0.1) is 23.0 Å². The minimum atomic E-state index is -0.642. The summed E-state index contributed by atoms with van der Waals surface area (Å²) >= 11 is 1.76. The molecule has 5 rings (SSSR count). The van der Waals surface area contributed by atoms with E-state index in [4.69, 9.17) is 9.72 Å². The maximum Gasteiger partial charge on any atom is 0.311 e. The Kier molecular flexibility index (Phi) is 8.78. The van der Waals surface area contributed by atoms with Crippen molar-refractivity contribution in [3.8, 4) is 0 Å². The summed E-state index contributed by atoms with van der Waals surface area (Å²) in [7, 11) is 0.